The lowest BCUT2D eigenvalue weighted by atomic mass is 9.95. The van der Waals surface area contributed by atoms with Crippen LogP contribution in [-0.4, -0.2) is 63.2 Å². The molecule has 4 N–H and O–H groups in total. The van der Waals surface area contributed by atoms with Crippen LogP contribution in [0.4, 0.5) is 17.6 Å². The van der Waals surface area contributed by atoms with Gasteiger partial charge in [-0.1, -0.05) is 0 Å². The minimum atomic E-state index is -4.99. The predicted octanol–water partition coefficient (Wildman–Crippen LogP) is 2.31. The zero-order valence-electron chi connectivity index (χ0n) is 21.8. The van der Waals surface area contributed by atoms with E-state index in [1.807, 2.05) is 0 Å². The number of aryl methyl sites for hydroxylation is 2. The fourth-order valence-corrected chi connectivity index (χ4v) is 4.56. The van der Waals surface area contributed by atoms with Crippen molar-refractivity contribution in [3.8, 4) is 5.75 Å². The second-order valence-corrected chi connectivity index (χ2v) is 10.3. The number of alkyl halides is 3. The fourth-order valence-electron chi connectivity index (χ4n) is 4.28. The molecule has 0 aliphatic carbocycles. The molecule has 224 valence electrons. The van der Waals surface area contributed by atoms with Gasteiger partial charge in [0.05, 0.1) is 17.8 Å². The summed E-state index contributed by atoms with van der Waals surface area (Å²) >= 11 is 0. The lowest BCUT2D eigenvalue weighted by Crippen LogP contribution is -2.49. The van der Waals surface area contributed by atoms with Gasteiger partial charge in [-0.25, -0.2) is 19.0 Å². The Bertz CT molecular complexity index is 1560. The van der Waals surface area contributed by atoms with Gasteiger partial charge in [-0.2, -0.15) is 5.10 Å². The van der Waals surface area contributed by atoms with E-state index in [4.69, 9.17) is 9.79 Å². The van der Waals surface area contributed by atoms with E-state index < -0.39 is 56.4 Å². The third kappa shape index (κ3) is 7.36. The highest BCUT2D eigenvalue weighted by molar-refractivity contribution is 7.46. The van der Waals surface area contributed by atoms with Crippen LogP contribution in [0.25, 0.3) is 0 Å². The summed E-state index contributed by atoms with van der Waals surface area (Å²) in [5.74, 6) is -2.93. The summed E-state index contributed by atoms with van der Waals surface area (Å²) < 4.78 is 71.2. The number of phosphoric acid groups is 1. The van der Waals surface area contributed by atoms with Crippen molar-refractivity contribution in [3.05, 3.63) is 70.3 Å². The highest BCUT2D eigenvalue weighted by Crippen LogP contribution is 2.37. The number of aromatic nitrogens is 1. The Morgan fingerprint density at radius 2 is 1.93 bits per heavy atom. The van der Waals surface area contributed by atoms with Crippen molar-refractivity contribution in [1.29, 1.82) is 0 Å². The Kier molecular flexibility index (Phi) is 8.50. The van der Waals surface area contributed by atoms with Crippen molar-refractivity contribution < 1.29 is 50.8 Å². The molecule has 18 heteroatoms. The minimum Gasteiger partial charge on any atom is -0.406 e. The number of phosphoric ester groups is 1. The highest BCUT2D eigenvalue weighted by Gasteiger charge is 2.44. The molecule has 1 unspecified atom stereocenters. The molecule has 13 nitrogen and oxygen atoms in total. The number of hydrogen-bond acceptors (Lipinski definition) is 9. The molecule has 1 aromatic heterocycles. The number of rotatable bonds is 9. The van der Waals surface area contributed by atoms with Gasteiger partial charge < -0.3 is 25.2 Å². The molecule has 4 rings (SSSR count). The van der Waals surface area contributed by atoms with Gasteiger partial charge >= 0.3 is 14.2 Å². The molecule has 2 aromatic rings. The number of halogens is 4. The molecule has 0 saturated carbocycles. The van der Waals surface area contributed by atoms with Gasteiger partial charge in [0.25, 0.3) is 5.91 Å². The maximum absolute atomic E-state index is 14.3. The van der Waals surface area contributed by atoms with Crippen molar-refractivity contribution in [2.45, 2.75) is 32.4 Å². The van der Waals surface area contributed by atoms with Crippen molar-refractivity contribution in [2.75, 3.05) is 13.2 Å². The zero-order valence-corrected chi connectivity index (χ0v) is 22.7. The highest BCUT2D eigenvalue weighted by atomic mass is 31.2. The largest absolute Gasteiger partial charge is 0.573 e. The van der Waals surface area contributed by atoms with Gasteiger partial charge in [0, 0.05) is 29.6 Å². The van der Waals surface area contributed by atoms with E-state index in [-0.39, 0.29) is 28.9 Å². The Morgan fingerprint density at radius 1 is 1.19 bits per heavy atom. The van der Waals surface area contributed by atoms with E-state index >= 15 is 0 Å². The summed E-state index contributed by atoms with van der Waals surface area (Å²) in [6, 6.07) is 3.75. The number of hydrogen-bond donors (Lipinski definition) is 4. The number of amides is 2. The molecule has 1 atom stereocenters. The topological polar surface area (TPSA) is 175 Å². The second-order valence-electron chi connectivity index (χ2n) is 9.06. The first-order valence-electron chi connectivity index (χ1n) is 12.0. The molecule has 0 saturated heterocycles. The van der Waals surface area contributed by atoms with Gasteiger partial charge in [-0.15, -0.1) is 13.2 Å². The van der Waals surface area contributed by atoms with E-state index in [2.05, 4.69) is 35.0 Å². The molecule has 2 aliphatic heterocycles. The lowest BCUT2D eigenvalue weighted by molar-refractivity contribution is -0.274. The number of allylic oxidation sites excluding steroid dienone is 1. The van der Waals surface area contributed by atoms with Crippen LogP contribution in [-0.2, 0) is 26.1 Å². The van der Waals surface area contributed by atoms with Crippen molar-refractivity contribution in [1.82, 2.24) is 20.6 Å². The normalized spacial score (nSPS) is 18.0. The molecule has 0 bridgehead atoms. The average molecular weight is 614 g/mol. The standard InChI is InChI=1S/C24H23F4N6O7P/c1-13-17(22(36)29-10-15-8-16(5-6-19(15)25)41-24(26,27)28)9-18(14(2)31-13)23(33-21(35)11-40-42(37,38)39)12-34-20(32-23)4-3-7-30-34/h3-9H,10-12H2,1-2H3,(H,29,36)(H,33,35)(H2,37,38,39). The lowest BCUT2D eigenvalue weighted by Gasteiger charge is -2.30. The van der Waals surface area contributed by atoms with E-state index in [1.54, 1.807) is 19.1 Å². The molecule has 0 fully saturated rings. The Hall–Kier alpha value is -4.18. The third-order valence-corrected chi connectivity index (χ3v) is 6.45. The summed E-state index contributed by atoms with van der Waals surface area (Å²) in [6.07, 6.45) is -0.327. The van der Waals surface area contributed by atoms with E-state index in [0.717, 1.165) is 18.2 Å². The summed E-state index contributed by atoms with van der Waals surface area (Å²) in [4.78, 5) is 52.8. The van der Waals surface area contributed by atoms with Crippen LogP contribution in [0.3, 0.4) is 0 Å². The van der Waals surface area contributed by atoms with E-state index in [0.29, 0.717) is 11.5 Å². The summed E-state index contributed by atoms with van der Waals surface area (Å²) in [5.41, 5.74) is -1.15. The molecule has 0 radical (unpaired) electrons. The maximum Gasteiger partial charge on any atom is 0.573 e. The van der Waals surface area contributed by atoms with Crippen LogP contribution in [0, 0.1) is 19.7 Å². The number of nitrogens with one attached hydrogen (secondary N) is 2. The monoisotopic (exact) mass is 614 g/mol. The minimum absolute atomic E-state index is 0.0251. The SMILES string of the molecule is Cc1nc(C)c(C2(NC(=O)COP(=O)(O)O)CN3N=CC=CC3=N2)cc1C(=O)NCc1cc(OC(F)(F)F)ccc1F. The van der Waals surface area contributed by atoms with Crippen LogP contribution in [0.15, 0.2) is 46.5 Å². The zero-order chi connectivity index (χ0) is 30.9. The van der Waals surface area contributed by atoms with Crippen LogP contribution in [0.1, 0.15) is 32.9 Å². The number of benzene rings is 1. The number of pyridine rings is 1. The Morgan fingerprint density at radius 3 is 2.60 bits per heavy atom. The van der Waals surface area contributed by atoms with Gasteiger partial charge in [0.15, 0.2) is 5.66 Å². The third-order valence-electron chi connectivity index (χ3n) is 5.98. The van der Waals surface area contributed by atoms with Crippen molar-refractivity contribution in [3.63, 3.8) is 0 Å². The van der Waals surface area contributed by atoms with E-state index in [9.17, 15) is 31.7 Å². The average Bonchev–Trinajstić information content (AvgIpc) is 3.25. The number of carbonyl (C=O) groups excluding carboxylic acids is 2. The molecule has 1 aromatic carbocycles. The number of fused-ring (bicyclic) bond motifs is 1. The summed E-state index contributed by atoms with van der Waals surface area (Å²) in [7, 11) is -4.97. The van der Waals surface area contributed by atoms with Crippen LogP contribution in [0.5, 0.6) is 5.75 Å². The first-order valence-corrected chi connectivity index (χ1v) is 13.5. The Labute approximate surface area is 235 Å². The molecule has 0 spiro atoms. The second kappa shape index (κ2) is 11.6. The molecule has 42 heavy (non-hydrogen) atoms. The Balaban J connectivity index is 1.64. The number of aliphatic imine (C=N–C) groups is 1. The number of amidine groups is 1. The summed E-state index contributed by atoms with van der Waals surface area (Å²) in [6.45, 7) is 1.50. The van der Waals surface area contributed by atoms with Crippen LogP contribution in [0.2, 0.25) is 0 Å². The maximum atomic E-state index is 14.3. The van der Waals surface area contributed by atoms with E-state index in [1.165, 1.54) is 24.2 Å². The van der Waals surface area contributed by atoms with Crippen molar-refractivity contribution in [2.24, 2.45) is 10.1 Å². The smallest absolute Gasteiger partial charge is 0.406 e. The predicted molar refractivity (Wildman–Crippen MR) is 138 cm³/mol. The number of ether oxygens (including phenoxy) is 1. The first-order chi connectivity index (χ1) is 19.6. The van der Waals surface area contributed by atoms with Gasteiger partial charge in [0.1, 0.15) is 24.0 Å². The number of carbonyl (C=O) groups is 2. The molecule has 2 amide bonds. The first kappa shape index (κ1) is 30.8. The van der Waals surface area contributed by atoms with Gasteiger partial charge in [0.2, 0.25) is 5.91 Å². The van der Waals surface area contributed by atoms with Crippen molar-refractivity contribution >= 4 is 31.7 Å². The fraction of sp³-hybridized carbons (Fsp3) is 0.292. The molecular formula is C24H23F4N6O7P. The molecular weight excluding hydrogens is 591 g/mol. The summed E-state index contributed by atoms with van der Waals surface area (Å²) in [5, 5.41) is 10.6. The van der Waals surface area contributed by atoms with Crippen LogP contribution >= 0.6 is 7.82 Å². The van der Waals surface area contributed by atoms with Crippen LogP contribution < -0.4 is 15.4 Å². The number of hydrazone groups is 1. The van der Waals surface area contributed by atoms with Gasteiger partial charge in [-0.05, 0) is 50.3 Å². The van der Waals surface area contributed by atoms with Gasteiger partial charge in [-0.3, -0.25) is 19.1 Å². The molecule has 2 aliphatic rings. The number of nitrogens with zero attached hydrogens (tertiary/aromatic N) is 4. The quantitative estimate of drug-likeness (QED) is 0.244. The molecule has 3 heterocycles.